The molecule has 0 aliphatic heterocycles. The smallest absolute Gasteiger partial charge is 0.292 e. The Hall–Kier alpha value is -3.26. The highest BCUT2D eigenvalue weighted by atomic mass is 32.1. The Morgan fingerprint density at radius 3 is 2.52 bits per heavy atom. The molecule has 0 saturated heterocycles. The predicted octanol–water partition coefficient (Wildman–Crippen LogP) is 4.30. The van der Waals surface area contributed by atoms with Gasteiger partial charge in [0.2, 0.25) is 0 Å². The maximum absolute atomic E-state index is 13.0. The summed E-state index contributed by atoms with van der Waals surface area (Å²) in [5.41, 5.74) is 1.25. The van der Waals surface area contributed by atoms with Crippen LogP contribution in [0.1, 0.15) is 9.67 Å². The normalized spacial score (nSPS) is 10.4. The Kier molecular flexibility index (Phi) is 5.77. The van der Waals surface area contributed by atoms with E-state index < -0.39 is 4.92 Å². The first-order valence-electron chi connectivity index (χ1n) is 8.16. The van der Waals surface area contributed by atoms with Crippen molar-refractivity contribution in [3.63, 3.8) is 0 Å². The van der Waals surface area contributed by atoms with Crippen molar-refractivity contribution in [3.05, 3.63) is 81.5 Å². The lowest BCUT2D eigenvalue weighted by Gasteiger charge is -2.07. The van der Waals surface area contributed by atoms with Gasteiger partial charge in [0.05, 0.1) is 9.80 Å². The highest BCUT2D eigenvalue weighted by molar-refractivity contribution is 7.17. The third kappa shape index (κ3) is 4.68. The fourth-order valence-corrected chi connectivity index (χ4v) is 3.40. The zero-order chi connectivity index (χ0) is 19.2. The quantitative estimate of drug-likeness (QED) is 0.361. The van der Waals surface area contributed by atoms with Crippen molar-refractivity contribution in [1.82, 2.24) is 5.32 Å². The number of halogens is 1. The Labute approximate surface area is 158 Å². The monoisotopic (exact) mass is 385 g/mol. The first kappa shape index (κ1) is 18.5. The number of hydrogen-bond donors (Lipinski definition) is 2. The molecule has 1 amide bonds. The number of nitro benzene ring substituents is 1. The molecule has 0 fully saturated rings. The SMILES string of the molecule is O=C(NCCNc1ccccc1[N+](=O)[O-])c1ccc(-c2ccc(F)cc2)s1. The lowest BCUT2D eigenvalue weighted by molar-refractivity contribution is -0.384. The van der Waals surface area contributed by atoms with Crippen molar-refractivity contribution in [1.29, 1.82) is 0 Å². The molecule has 6 nitrogen and oxygen atoms in total. The standard InChI is InChI=1S/C19H16FN3O3S/c20-14-7-5-13(6-8-14)17-9-10-18(27-17)19(24)22-12-11-21-15-3-1-2-4-16(15)23(25)26/h1-10,21H,11-12H2,(H,22,24). The lowest BCUT2D eigenvalue weighted by atomic mass is 10.2. The number of nitrogens with one attached hydrogen (secondary N) is 2. The zero-order valence-corrected chi connectivity index (χ0v) is 15.0. The fraction of sp³-hybridized carbons (Fsp3) is 0.105. The molecule has 2 aromatic carbocycles. The molecule has 0 unspecified atom stereocenters. The van der Waals surface area contributed by atoms with Crippen LogP contribution in [-0.4, -0.2) is 23.9 Å². The summed E-state index contributed by atoms with van der Waals surface area (Å²) in [5.74, 6) is -0.530. The number of thiophene rings is 1. The summed E-state index contributed by atoms with van der Waals surface area (Å²) < 4.78 is 13.0. The number of hydrogen-bond acceptors (Lipinski definition) is 5. The van der Waals surface area contributed by atoms with E-state index in [1.54, 1.807) is 36.4 Å². The molecule has 27 heavy (non-hydrogen) atoms. The van der Waals surface area contributed by atoms with Crippen molar-refractivity contribution in [2.45, 2.75) is 0 Å². The van der Waals surface area contributed by atoms with E-state index >= 15 is 0 Å². The van der Waals surface area contributed by atoms with Gasteiger partial charge in [-0.2, -0.15) is 0 Å². The fourth-order valence-electron chi connectivity index (χ4n) is 2.47. The number of rotatable bonds is 7. The molecule has 2 N–H and O–H groups in total. The molecule has 0 bridgehead atoms. The van der Waals surface area contributed by atoms with Crippen LogP contribution in [0.3, 0.4) is 0 Å². The van der Waals surface area contributed by atoms with Gasteiger partial charge in [-0.25, -0.2) is 4.39 Å². The second kappa shape index (κ2) is 8.41. The Morgan fingerprint density at radius 1 is 1.04 bits per heavy atom. The van der Waals surface area contributed by atoms with E-state index in [1.165, 1.54) is 29.5 Å². The molecule has 1 heterocycles. The third-order valence-corrected chi connectivity index (χ3v) is 4.92. The van der Waals surface area contributed by atoms with E-state index in [4.69, 9.17) is 0 Å². The van der Waals surface area contributed by atoms with Gasteiger partial charge < -0.3 is 10.6 Å². The Morgan fingerprint density at radius 2 is 1.78 bits per heavy atom. The van der Waals surface area contributed by atoms with Gasteiger partial charge in [-0.1, -0.05) is 24.3 Å². The van der Waals surface area contributed by atoms with Crippen LogP contribution < -0.4 is 10.6 Å². The average Bonchev–Trinajstić information content (AvgIpc) is 3.16. The molecular weight excluding hydrogens is 369 g/mol. The number of anilines is 1. The number of nitro groups is 1. The van der Waals surface area contributed by atoms with Gasteiger partial charge in [-0.15, -0.1) is 11.3 Å². The largest absolute Gasteiger partial charge is 0.378 e. The molecule has 3 rings (SSSR count). The van der Waals surface area contributed by atoms with Crippen molar-refractivity contribution in [2.24, 2.45) is 0 Å². The highest BCUT2D eigenvalue weighted by Crippen LogP contribution is 2.28. The summed E-state index contributed by atoms with van der Waals surface area (Å²) in [6.07, 6.45) is 0. The summed E-state index contributed by atoms with van der Waals surface area (Å²) in [4.78, 5) is 24.2. The van der Waals surface area contributed by atoms with Crippen LogP contribution in [0.2, 0.25) is 0 Å². The summed E-state index contributed by atoms with van der Waals surface area (Å²) in [5, 5.41) is 16.7. The molecule has 1 aromatic heterocycles. The van der Waals surface area contributed by atoms with Gasteiger partial charge in [-0.3, -0.25) is 14.9 Å². The summed E-state index contributed by atoms with van der Waals surface area (Å²) >= 11 is 1.32. The molecule has 0 radical (unpaired) electrons. The second-order valence-corrected chi connectivity index (χ2v) is 6.71. The van der Waals surface area contributed by atoms with Crippen LogP contribution in [-0.2, 0) is 0 Å². The first-order valence-corrected chi connectivity index (χ1v) is 8.97. The second-order valence-electron chi connectivity index (χ2n) is 5.63. The first-order chi connectivity index (χ1) is 13.0. The Bertz CT molecular complexity index is 957. The zero-order valence-electron chi connectivity index (χ0n) is 14.1. The maximum atomic E-state index is 13.0. The van der Waals surface area contributed by atoms with Gasteiger partial charge in [0.1, 0.15) is 11.5 Å². The molecule has 0 aliphatic carbocycles. The Balaban J connectivity index is 1.53. The molecule has 0 spiro atoms. The van der Waals surface area contributed by atoms with Crippen LogP contribution in [0, 0.1) is 15.9 Å². The molecule has 138 valence electrons. The minimum atomic E-state index is -0.455. The van der Waals surface area contributed by atoms with E-state index in [0.717, 1.165) is 10.4 Å². The summed E-state index contributed by atoms with van der Waals surface area (Å²) in [7, 11) is 0. The summed E-state index contributed by atoms with van der Waals surface area (Å²) in [6, 6.07) is 16.0. The molecule has 8 heteroatoms. The number of benzene rings is 2. The van der Waals surface area contributed by atoms with Gasteiger partial charge >= 0.3 is 0 Å². The van der Waals surface area contributed by atoms with Gasteiger partial charge in [0.15, 0.2) is 0 Å². The van der Waals surface area contributed by atoms with Crippen LogP contribution in [0.15, 0.2) is 60.7 Å². The van der Waals surface area contributed by atoms with E-state index in [2.05, 4.69) is 10.6 Å². The van der Waals surface area contributed by atoms with Crippen molar-refractivity contribution >= 4 is 28.6 Å². The van der Waals surface area contributed by atoms with Crippen LogP contribution in [0.5, 0.6) is 0 Å². The number of nitrogens with zero attached hydrogens (tertiary/aromatic N) is 1. The van der Waals surface area contributed by atoms with E-state index in [0.29, 0.717) is 23.7 Å². The average molecular weight is 385 g/mol. The van der Waals surface area contributed by atoms with E-state index in [9.17, 15) is 19.3 Å². The summed E-state index contributed by atoms with van der Waals surface area (Å²) in [6.45, 7) is 0.668. The topological polar surface area (TPSA) is 84.3 Å². The highest BCUT2D eigenvalue weighted by Gasteiger charge is 2.12. The maximum Gasteiger partial charge on any atom is 0.292 e. The number of carbonyl (C=O) groups is 1. The van der Waals surface area contributed by atoms with Crippen molar-refractivity contribution < 1.29 is 14.1 Å². The van der Waals surface area contributed by atoms with Crippen LogP contribution in [0.4, 0.5) is 15.8 Å². The lowest BCUT2D eigenvalue weighted by Crippen LogP contribution is -2.28. The number of para-hydroxylation sites is 2. The van der Waals surface area contributed by atoms with Crippen LogP contribution in [0.25, 0.3) is 10.4 Å². The van der Waals surface area contributed by atoms with E-state index in [1.807, 2.05) is 6.07 Å². The van der Waals surface area contributed by atoms with E-state index in [-0.39, 0.29) is 17.4 Å². The molecule has 0 aliphatic rings. The third-order valence-electron chi connectivity index (χ3n) is 3.79. The number of amides is 1. The molecular formula is C19H16FN3O3S. The van der Waals surface area contributed by atoms with Gasteiger partial charge in [0, 0.05) is 24.0 Å². The van der Waals surface area contributed by atoms with Crippen molar-refractivity contribution in [3.8, 4) is 10.4 Å². The van der Waals surface area contributed by atoms with Gasteiger partial charge in [-0.05, 0) is 35.9 Å². The molecule has 0 atom stereocenters. The predicted molar refractivity (Wildman–Crippen MR) is 104 cm³/mol. The van der Waals surface area contributed by atoms with Gasteiger partial charge in [0.25, 0.3) is 11.6 Å². The van der Waals surface area contributed by atoms with Crippen molar-refractivity contribution in [2.75, 3.05) is 18.4 Å². The number of carbonyl (C=O) groups excluding carboxylic acids is 1. The molecule has 3 aromatic rings. The van der Waals surface area contributed by atoms with Crippen LogP contribution >= 0.6 is 11.3 Å². The molecule has 0 saturated carbocycles. The minimum absolute atomic E-state index is 0.00831. The minimum Gasteiger partial charge on any atom is -0.378 e.